The van der Waals surface area contributed by atoms with Crippen LogP contribution >= 0.6 is 0 Å². The first-order valence-corrected chi connectivity index (χ1v) is 12.7. The zero-order valence-corrected chi connectivity index (χ0v) is 22.1. The Morgan fingerprint density at radius 1 is 1.00 bits per heavy atom. The molecule has 0 aliphatic carbocycles. The van der Waals surface area contributed by atoms with Gasteiger partial charge in [0.05, 0.1) is 25.2 Å². The first kappa shape index (κ1) is 28.8. The molecule has 1 aromatic heterocycles. The second kappa shape index (κ2) is 13.7. The van der Waals surface area contributed by atoms with E-state index in [0.717, 1.165) is 5.56 Å². The number of nitrogens with zero attached hydrogens (tertiary/aromatic N) is 3. The first-order chi connectivity index (χ1) is 18.1. The SMILES string of the molecule is CC(C)C[C@H](NC(=O)[C@H](Cc1ccccc1)NC(=O)c1cnccn1)B1OC(=O)CN(C(C)C)CC(=O)O1. The van der Waals surface area contributed by atoms with Gasteiger partial charge in [0.2, 0.25) is 5.91 Å². The van der Waals surface area contributed by atoms with E-state index in [1.54, 1.807) is 4.90 Å². The van der Waals surface area contributed by atoms with Crippen molar-refractivity contribution < 1.29 is 28.5 Å². The second-order valence-corrected chi connectivity index (χ2v) is 9.90. The largest absolute Gasteiger partial charge is 0.622 e. The Morgan fingerprint density at radius 2 is 1.66 bits per heavy atom. The van der Waals surface area contributed by atoms with Gasteiger partial charge in [-0.3, -0.25) is 29.1 Å². The summed E-state index contributed by atoms with van der Waals surface area (Å²) in [6.07, 6.45) is 4.70. The minimum absolute atomic E-state index is 0.0607. The minimum atomic E-state index is -1.30. The van der Waals surface area contributed by atoms with E-state index < -0.39 is 42.9 Å². The number of rotatable bonds is 10. The number of hydrogen-bond acceptors (Lipinski definition) is 9. The zero-order valence-electron chi connectivity index (χ0n) is 22.1. The van der Waals surface area contributed by atoms with Gasteiger partial charge in [-0.2, -0.15) is 0 Å². The zero-order chi connectivity index (χ0) is 27.7. The van der Waals surface area contributed by atoms with E-state index in [1.807, 2.05) is 58.0 Å². The maximum absolute atomic E-state index is 13.6. The summed E-state index contributed by atoms with van der Waals surface area (Å²) in [6, 6.07) is 8.17. The van der Waals surface area contributed by atoms with Gasteiger partial charge in [0.1, 0.15) is 11.7 Å². The number of benzene rings is 1. The van der Waals surface area contributed by atoms with Crippen molar-refractivity contribution in [1.82, 2.24) is 25.5 Å². The van der Waals surface area contributed by atoms with Crippen LogP contribution in [0.25, 0.3) is 0 Å². The minimum Gasteiger partial charge on any atom is -0.497 e. The van der Waals surface area contributed by atoms with Crippen molar-refractivity contribution in [3.63, 3.8) is 0 Å². The maximum atomic E-state index is 13.6. The maximum Gasteiger partial charge on any atom is 0.622 e. The molecule has 12 heteroatoms. The molecule has 3 rings (SSSR count). The molecule has 0 spiro atoms. The summed E-state index contributed by atoms with van der Waals surface area (Å²) in [5.41, 5.74) is 0.889. The summed E-state index contributed by atoms with van der Waals surface area (Å²) in [5, 5.41) is 5.59. The highest BCUT2D eigenvalue weighted by Crippen LogP contribution is 2.14. The molecule has 2 heterocycles. The molecular formula is C26H34BN5O6. The van der Waals surface area contributed by atoms with Crippen LogP contribution in [0.1, 0.15) is 50.2 Å². The molecule has 0 saturated carbocycles. The molecule has 2 atom stereocenters. The Morgan fingerprint density at radius 3 is 2.21 bits per heavy atom. The fourth-order valence-corrected chi connectivity index (χ4v) is 4.01. The molecule has 38 heavy (non-hydrogen) atoms. The third kappa shape index (κ3) is 8.65. The smallest absolute Gasteiger partial charge is 0.497 e. The molecule has 2 amide bonds. The highest BCUT2D eigenvalue weighted by Gasteiger charge is 2.42. The lowest BCUT2D eigenvalue weighted by atomic mass is 9.73. The van der Waals surface area contributed by atoms with Gasteiger partial charge in [0.25, 0.3) is 5.91 Å². The van der Waals surface area contributed by atoms with Crippen molar-refractivity contribution in [3.05, 3.63) is 60.2 Å². The van der Waals surface area contributed by atoms with Crippen molar-refractivity contribution in [2.75, 3.05) is 13.1 Å². The summed E-state index contributed by atoms with van der Waals surface area (Å²) in [7, 11) is -1.30. The van der Waals surface area contributed by atoms with Gasteiger partial charge >= 0.3 is 19.1 Å². The second-order valence-electron chi connectivity index (χ2n) is 9.90. The van der Waals surface area contributed by atoms with Gasteiger partial charge < -0.3 is 19.9 Å². The van der Waals surface area contributed by atoms with Gasteiger partial charge in [0, 0.05) is 24.9 Å². The standard InChI is InChI=1S/C26H34BN5O6/c1-17(2)12-22(27-37-23(33)15-32(18(3)4)16-24(34)38-27)31-25(35)20(13-19-8-6-5-7-9-19)30-26(36)21-14-28-10-11-29-21/h5-11,14,17-18,20,22H,12-13,15-16H2,1-4H3,(H,30,36)(H,31,35)/t20-,22-/m0/s1. The lowest BCUT2D eigenvalue weighted by Gasteiger charge is -2.31. The van der Waals surface area contributed by atoms with Crippen LogP contribution in [-0.2, 0) is 30.1 Å². The molecule has 1 aliphatic heterocycles. The van der Waals surface area contributed by atoms with E-state index in [1.165, 1.54) is 18.6 Å². The predicted molar refractivity (Wildman–Crippen MR) is 139 cm³/mol. The van der Waals surface area contributed by atoms with Crippen molar-refractivity contribution in [3.8, 4) is 0 Å². The molecule has 1 aromatic carbocycles. The molecule has 1 aliphatic rings. The van der Waals surface area contributed by atoms with Crippen LogP contribution in [0.5, 0.6) is 0 Å². The molecule has 11 nitrogen and oxygen atoms in total. The number of carbonyl (C=O) groups excluding carboxylic acids is 4. The number of nitrogens with one attached hydrogen (secondary N) is 2. The topological polar surface area (TPSA) is 140 Å². The van der Waals surface area contributed by atoms with E-state index in [9.17, 15) is 19.2 Å². The molecule has 1 saturated heterocycles. The summed E-state index contributed by atoms with van der Waals surface area (Å²) >= 11 is 0. The Hall–Kier alpha value is -3.80. The van der Waals surface area contributed by atoms with E-state index >= 15 is 0 Å². The Kier molecular flexibility index (Phi) is 10.3. The number of hydrogen-bond donors (Lipinski definition) is 2. The number of amides is 2. The van der Waals surface area contributed by atoms with Gasteiger partial charge in [-0.1, -0.05) is 44.2 Å². The van der Waals surface area contributed by atoms with Gasteiger partial charge in [-0.05, 0) is 31.7 Å². The van der Waals surface area contributed by atoms with E-state index in [2.05, 4.69) is 20.6 Å². The quantitative estimate of drug-likeness (QED) is 0.440. The third-order valence-electron chi connectivity index (χ3n) is 5.97. The van der Waals surface area contributed by atoms with Crippen LogP contribution in [0.4, 0.5) is 0 Å². The Balaban J connectivity index is 1.81. The fourth-order valence-electron chi connectivity index (χ4n) is 4.01. The van der Waals surface area contributed by atoms with E-state index in [4.69, 9.17) is 9.31 Å². The summed E-state index contributed by atoms with van der Waals surface area (Å²) in [6.45, 7) is 7.45. The summed E-state index contributed by atoms with van der Waals surface area (Å²) in [5.74, 6) is -2.96. The van der Waals surface area contributed by atoms with Crippen molar-refractivity contribution >= 4 is 30.9 Å². The van der Waals surface area contributed by atoms with Crippen LogP contribution in [0.2, 0.25) is 0 Å². The molecule has 202 valence electrons. The van der Waals surface area contributed by atoms with Gasteiger partial charge in [0.15, 0.2) is 0 Å². The van der Waals surface area contributed by atoms with E-state index in [-0.39, 0.29) is 37.2 Å². The van der Waals surface area contributed by atoms with Crippen LogP contribution < -0.4 is 10.6 Å². The average molecular weight is 523 g/mol. The predicted octanol–water partition coefficient (Wildman–Crippen LogP) is 1.19. The Labute approximate surface area is 222 Å². The molecule has 2 aromatic rings. The number of aromatic nitrogens is 2. The normalized spacial score (nSPS) is 16.2. The monoisotopic (exact) mass is 523 g/mol. The lowest BCUT2D eigenvalue weighted by molar-refractivity contribution is -0.148. The van der Waals surface area contributed by atoms with Crippen LogP contribution in [0, 0.1) is 5.92 Å². The third-order valence-corrected chi connectivity index (χ3v) is 5.97. The van der Waals surface area contributed by atoms with Crippen molar-refractivity contribution in [2.45, 2.75) is 58.6 Å². The number of carbonyl (C=O) groups is 4. The van der Waals surface area contributed by atoms with Gasteiger partial charge in [-0.15, -0.1) is 0 Å². The first-order valence-electron chi connectivity index (χ1n) is 12.7. The average Bonchev–Trinajstić information content (AvgIpc) is 2.86. The fraction of sp³-hybridized carbons (Fsp3) is 0.462. The summed E-state index contributed by atoms with van der Waals surface area (Å²) in [4.78, 5) is 61.1. The molecular weight excluding hydrogens is 489 g/mol. The molecule has 0 bridgehead atoms. The van der Waals surface area contributed by atoms with Crippen molar-refractivity contribution in [2.24, 2.45) is 5.92 Å². The molecule has 2 N–H and O–H groups in total. The van der Waals surface area contributed by atoms with E-state index in [0.29, 0.717) is 6.42 Å². The summed E-state index contributed by atoms with van der Waals surface area (Å²) < 4.78 is 11.0. The van der Waals surface area contributed by atoms with Crippen LogP contribution in [0.3, 0.4) is 0 Å². The van der Waals surface area contributed by atoms with Gasteiger partial charge in [-0.25, -0.2) is 4.98 Å². The lowest BCUT2D eigenvalue weighted by Crippen LogP contribution is -2.58. The van der Waals surface area contributed by atoms with Crippen LogP contribution in [0.15, 0.2) is 48.9 Å². The van der Waals surface area contributed by atoms with Crippen molar-refractivity contribution in [1.29, 1.82) is 0 Å². The highest BCUT2D eigenvalue weighted by molar-refractivity contribution is 6.51. The van der Waals surface area contributed by atoms with Crippen LogP contribution in [-0.4, -0.2) is 76.9 Å². The highest BCUT2D eigenvalue weighted by atomic mass is 16.6. The Bertz CT molecular complexity index is 1080. The molecule has 0 unspecified atom stereocenters. The molecule has 0 radical (unpaired) electrons. The molecule has 1 fully saturated rings.